The molecule has 4 aromatic rings. The predicted octanol–water partition coefficient (Wildman–Crippen LogP) is 3.47. The Kier molecular flexibility index (Phi) is 5.82. The van der Waals surface area contributed by atoms with Gasteiger partial charge in [-0.05, 0) is 32.9 Å². The maximum absolute atomic E-state index is 12.6. The van der Waals surface area contributed by atoms with Gasteiger partial charge in [-0.2, -0.15) is 4.98 Å². The highest BCUT2D eigenvalue weighted by atomic mass is 32.1. The van der Waals surface area contributed by atoms with Crippen LogP contribution in [0.3, 0.4) is 0 Å². The van der Waals surface area contributed by atoms with Gasteiger partial charge >= 0.3 is 11.9 Å². The second-order valence-electron chi connectivity index (χ2n) is 6.68. The molecule has 0 bridgehead atoms. The number of pyridine rings is 1. The van der Waals surface area contributed by atoms with Gasteiger partial charge in [0.25, 0.3) is 0 Å². The van der Waals surface area contributed by atoms with Gasteiger partial charge in [0.15, 0.2) is 12.4 Å². The normalized spacial score (nSPS) is 11.0. The zero-order chi connectivity index (χ0) is 22.8. The molecule has 2 N–H and O–H groups in total. The molecule has 10 nitrogen and oxygen atoms in total. The topological polar surface area (TPSA) is 143 Å². The summed E-state index contributed by atoms with van der Waals surface area (Å²) in [6, 6.07) is 5.46. The average Bonchev–Trinajstić information content (AvgIpc) is 3.32. The molecule has 164 valence electrons. The summed E-state index contributed by atoms with van der Waals surface area (Å²) in [5.74, 6) is -0.641. The first-order valence-electron chi connectivity index (χ1n) is 9.67. The summed E-state index contributed by atoms with van der Waals surface area (Å²) in [5, 5.41) is 0.892. The van der Waals surface area contributed by atoms with Crippen LogP contribution >= 0.6 is 11.3 Å². The van der Waals surface area contributed by atoms with Crippen LogP contribution in [0, 0.1) is 13.8 Å². The van der Waals surface area contributed by atoms with E-state index in [1.165, 1.54) is 11.3 Å². The van der Waals surface area contributed by atoms with Crippen LogP contribution in [0.4, 0.5) is 5.82 Å². The number of thiazole rings is 1. The van der Waals surface area contributed by atoms with Crippen LogP contribution in [0.15, 0.2) is 28.8 Å². The summed E-state index contributed by atoms with van der Waals surface area (Å²) in [5.41, 5.74) is 7.56. The quantitative estimate of drug-likeness (QED) is 0.431. The van der Waals surface area contributed by atoms with Crippen LogP contribution < -0.4 is 5.73 Å². The van der Waals surface area contributed by atoms with Crippen LogP contribution in [-0.4, -0.2) is 38.5 Å². The average molecular weight is 453 g/mol. The minimum absolute atomic E-state index is 0.0346. The highest BCUT2D eigenvalue weighted by molar-refractivity contribution is 7.17. The number of carbonyl (C=O) groups is 2. The molecule has 0 aliphatic heterocycles. The Morgan fingerprint density at radius 3 is 2.66 bits per heavy atom. The number of rotatable bonds is 6. The largest absolute Gasteiger partial charge is 0.462 e. The highest BCUT2D eigenvalue weighted by Crippen LogP contribution is 2.30. The molecule has 0 unspecified atom stereocenters. The molecule has 0 atom stereocenters. The van der Waals surface area contributed by atoms with E-state index < -0.39 is 11.9 Å². The zero-order valence-corrected chi connectivity index (χ0v) is 18.4. The van der Waals surface area contributed by atoms with E-state index in [0.717, 1.165) is 0 Å². The Labute approximate surface area is 186 Å². The Hall–Kier alpha value is -3.86. The molecule has 0 fully saturated rings. The first kappa shape index (κ1) is 21.4. The molecular weight excluding hydrogens is 434 g/mol. The first-order chi connectivity index (χ1) is 15.4. The molecule has 11 heteroatoms. The second-order valence-corrected chi connectivity index (χ2v) is 7.68. The molecular formula is C21H19N5O5S. The van der Waals surface area contributed by atoms with Gasteiger partial charge in [-0.3, -0.25) is 4.98 Å². The summed E-state index contributed by atoms with van der Waals surface area (Å²) in [7, 11) is 0. The van der Waals surface area contributed by atoms with Crippen LogP contribution in [0.1, 0.15) is 44.2 Å². The SMILES string of the molecule is CCOC(=O)c1c(C)oc2nc(COC(=O)c3sc(-c4ccccn4)nc3C)nc(N)c12. The lowest BCUT2D eigenvalue weighted by Gasteiger charge is -2.05. The Bertz CT molecular complexity index is 1320. The number of nitrogen functional groups attached to an aromatic ring is 1. The van der Waals surface area contributed by atoms with E-state index in [0.29, 0.717) is 27.0 Å². The lowest BCUT2D eigenvalue weighted by Crippen LogP contribution is -2.10. The van der Waals surface area contributed by atoms with Gasteiger partial charge in [0.05, 0.1) is 23.4 Å². The summed E-state index contributed by atoms with van der Waals surface area (Å²) in [6.07, 6.45) is 1.66. The number of furan rings is 1. The van der Waals surface area contributed by atoms with Gasteiger partial charge in [-0.15, -0.1) is 11.3 Å². The number of esters is 2. The lowest BCUT2D eigenvalue weighted by molar-refractivity contribution is 0.0466. The number of fused-ring (bicyclic) bond motifs is 1. The van der Waals surface area contributed by atoms with E-state index in [9.17, 15) is 9.59 Å². The number of carbonyl (C=O) groups excluding carboxylic acids is 2. The number of nitrogens with zero attached hydrogens (tertiary/aromatic N) is 4. The van der Waals surface area contributed by atoms with E-state index in [-0.39, 0.29) is 41.5 Å². The number of hydrogen-bond donors (Lipinski definition) is 1. The number of aromatic nitrogens is 4. The molecule has 0 radical (unpaired) electrons. The molecule has 0 amide bonds. The number of ether oxygens (including phenoxy) is 2. The summed E-state index contributed by atoms with van der Waals surface area (Å²) in [6.45, 7) is 5.01. The van der Waals surface area contributed by atoms with Gasteiger partial charge in [0, 0.05) is 6.20 Å². The van der Waals surface area contributed by atoms with E-state index in [4.69, 9.17) is 19.6 Å². The molecule has 0 spiro atoms. The van der Waals surface area contributed by atoms with E-state index in [2.05, 4.69) is 19.9 Å². The van der Waals surface area contributed by atoms with Crippen LogP contribution in [0.2, 0.25) is 0 Å². The van der Waals surface area contributed by atoms with E-state index in [1.807, 2.05) is 12.1 Å². The van der Waals surface area contributed by atoms with Crippen LogP contribution in [0.5, 0.6) is 0 Å². The van der Waals surface area contributed by atoms with E-state index in [1.54, 1.807) is 33.0 Å². The molecule has 4 rings (SSSR count). The Morgan fingerprint density at radius 2 is 1.94 bits per heavy atom. The predicted molar refractivity (Wildman–Crippen MR) is 116 cm³/mol. The minimum atomic E-state index is -0.567. The standard InChI is InChI=1S/C21H19N5O5S/c1-4-29-20(27)14-11(3)31-18-15(14)17(22)25-13(26-18)9-30-21(28)16-10(2)24-19(32-16)12-7-5-6-8-23-12/h5-8H,4,9H2,1-3H3,(H2,22,25,26). The fourth-order valence-electron chi connectivity index (χ4n) is 3.08. The minimum Gasteiger partial charge on any atom is -0.462 e. The van der Waals surface area contributed by atoms with Gasteiger partial charge in [-0.1, -0.05) is 6.07 Å². The molecule has 0 aromatic carbocycles. The maximum Gasteiger partial charge on any atom is 0.350 e. The summed E-state index contributed by atoms with van der Waals surface area (Å²) in [4.78, 5) is 42.2. The summed E-state index contributed by atoms with van der Waals surface area (Å²) < 4.78 is 16.0. The van der Waals surface area contributed by atoms with Gasteiger partial charge in [0.1, 0.15) is 27.0 Å². The highest BCUT2D eigenvalue weighted by Gasteiger charge is 2.24. The van der Waals surface area contributed by atoms with E-state index >= 15 is 0 Å². The van der Waals surface area contributed by atoms with Crippen molar-refractivity contribution >= 4 is 40.2 Å². The van der Waals surface area contributed by atoms with Crippen molar-refractivity contribution in [2.24, 2.45) is 0 Å². The first-order valence-corrected chi connectivity index (χ1v) is 10.5. The zero-order valence-electron chi connectivity index (χ0n) is 17.5. The fraction of sp³-hybridized carbons (Fsp3) is 0.238. The third-order valence-electron chi connectivity index (χ3n) is 4.48. The van der Waals surface area contributed by atoms with Crippen molar-refractivity contribution in [3.8, 4) is 10.7 Å². The summed E-state index contributed by atoms with van der Waals surface area (Å²) >= 11 is 1.19. The van der Waals surface area contributed by atoms with Crippen molar-refractivity contribution in [1.29, 1.82) is 0 Å². The van der Waals surface area contributed by atoms with Crippen molar-refractivity contribution in [3.63, 3.8) is 0 Å². The Morgan fingerprint density at radius 1 is 1.12 bits per heavy atom. The molecule has 0 saturated carbocycles. The van der Waals surface area contributed by atoms with Crippen molar-refractivity contribution < 1.29 is 23.5 Å². The van der Waals surface area contributed by atoms with Gasteiger partial charge in [-0.25, -0.2) is 19.6 Å². The molecule has 4 aromatic heterocycles. The van der Waals surface area contributed by atoms with Crippen LogP contribution in [-0.2, 0) is 16.1 Å². The number of hydrogen-bond acceptors (Lipinski definition) is 11. The monoisotopic (exact) mass is 453 g/mol. The lowest BCUT2D eigenvalue weighted by atomic mass is 10.2. The third kappa shape index (κ3) is 4.02. The van der Waals surface area contributed by atoms with Crippen molar-refractivity contribution in [1.82, 2.24) is 19.9 Å². The third-order valence-corrected chi connectivity index (χ3v) is 5.64. The second kappa shape index (κ2) is 8.71. The molecule has 0 saturated heterocycles. The smallest absolute Gasteiger partial charge is 0.350 e. The molecule has 4 heterocycles. The molecule has 0 aliphatic carbocycles. The molecule has 0 aliphatic rings. The maximum atomic E-state index is 12.6. The van der Waals surface area contributed by atoms with Gasteiger partial charge in [0.2, 0.25) is 5.71 Å². The Balaban J connectivity index is 1.54. The molecule has 32 heavy (non-hydrogen) atoms. The van der Waals surface area contributed by atoms with Gasteiger partial charge < -0.3 is 19.6 Å². The number of anilines is 1. The number of nitrogens with two attached hydrogens (primary N) is 1. The van der Waals surface area contributed by atoms with Crippen molar-refractivity contribution in [2.45, 2.75) is 27.4 Å². The fourth-order valence-corrected chi connectivity index (χ4v) is 4.01. The van der Waals surface area contributed by atoms with Crippen molar-refractivity contribution in [2.75, 3.05) is 12.3 Å². The van der Waals surface area contributed by atoms with Crippen molar-refractivity contribution in [3.05, 3.63) is 52.1 Å². The number of aryl methyl sites for hydroxylation is 2. The van der Waals surface area contributed by atoms with Crippen LogP contribution in [0.25, 0.3) is 21.8 Å².